The molecule has 1 aliphatic heterocycles. The monoisotopic (exact) mass is 206 g/mol. The number of aliphatic hydroxyl groups excluding tert-OH is 1. The molecule has 3 heteroatoms. The molecule has 0 spiro atoms. The molecule has 0 fully saturated rings. The highest BCUT2D eigenvalue weighted by Crippen LogP contribution is 2.35. The SMILES string of the molecule is CN1c2cc(CO)ccc2NCC1(C)C. The zero-order valence-electron chi connectivity index (χ0n) is 9.54. The van der Waals surface area contributed by atoms with Crippen LogP contribution in [-0.2, 0) is 6.61 Å². The maximum Gasteiger partial charge on any atom is 0.0682 e. The highest BCUT2D eigenvalue weighted by molar-refractivity contribution is 5.74. The van der Waals surface area contributed by atoms with Crippen LogP contribution in [0, 0.1) is 0 Å². The first kappa shape index (κ1) is 10.3. The number of fused-ring (bicyclic) bond motifs is 1. The summed E-state index contributed by atoms with van der Waals surface area (Å²) < 4.78 is 0. The van der Waals surface area contributed by atoms with Crippen molar-refractivity contribution in [2.24, 2.45) is 0 Å². The maximum absolute atomic E-state index is 9.12. The molecule has 0 aromatic heterocycles. The Morgan fingerprint density at radius 1 is 1.47 bits per heavy atom. The Bertz CT molecular complexity index is 374. The Kier molecular flexibility index (Phi) is 2.35. The summed E-state index contributed by atoms with van der Waals surface area (Å²) in [6, 6.07) is 6.04. The number of aliphatic hydroxyl groups is 1. The molecular weight excluding hydrogens is 188 g/mol. The van der Waals surface area contributed by atoms with Crippen molar-refractivity contribution < 1.29 is 5.11 Å². The van der Waals surface area contributed by atoms with Crippen LogP contribution in [0.15, 0.2) is 18.2 Å². The third-order valence-electron chi connectivity index (χ3n) is 3.23. The lowest BCUT2D eigenvalue weighted by atomic mass is 9.98. The quantitative estimate of drug-likeness (QED) is 0.735. The molecule has 1 heterocycles. The van der Waals surface area contributed by atoms with Gasteiger partial charge < -0.3 is 15.3 Å². The molecule has 15 heavy (non-hydrogen) atoms. The lowest BCUT2D eigenvalue weighted by molar-refractivity contribution is 0.282. The molecule has 0 radical (unpaired) electrons. The second-order valence-corrected chi connectivity index (χ2v) is 4.73. The lowest BCUT2D eigenvalue weighted by Gasteiger charge is -2.43. The van der Waals surface area contributed by atoms with E-state index in [0.717, 1.165) is 23.5 Å². The van der Waals surface area contributed by atoms with Crippen LogP contribution in [0.1, 0.15) is 19.4 Å². The summed E-state index contributed by atoms with van der Waals surface area (Å²) in [5, 5.41) is 12.5. The van der Waals surface area contributed by atoms with Crippen LogP contribution in [0.5, 0.6) is 0 Å². The van der Waals surface area contributed by atoms with Crippen LogP contribution in [0.3, 0.4) is 0 Å². The van der Waals surface area contributed by atoms with Crippen LogP contribution in [0.25, 0.3) is 0 Å². The standard InChI is InChI=1S/C12H18N2O/c1-12(2)8-13-10-5-4-9(7-15)6-11(10)14(12)3/h4-6,13,15H,7-8H2,1-3H3. The van der Waals surface area contributed by atoms with Crippen LogP contribution >= 0.6 is 0 Å². The number of rotatable bonds is 1. The first-order valence-corrected chi connectivity index (χ1v) is 5.26. The topological polar surface area (TPSA) is 35.5 Å². The number of hydrogen-bond acceptors (Lipinski definition) is 3. The Morgan fingerprint density at radius 2 is 2.20 bits per heavy atom. The minimum absolute atomic E-state index is 0.0988. The molecule has 0 saturated heterocycles. The number of nitrogens with one attached hydrogen (secondary N) is 1. The first-order chi connectivity index (χ1) is 7.04. The first-order valence-electron chi connectivity index (χ1n) is 5.26. The fourth-order valence-electron chi connectivity index (χ4n) is 1.86. The zero-order valence-corrected chi connectivity index (χ0v) is 9.54. The molecule has 0 atom stereocenters. The van der Waals surface area contributed by atoms with Gasteiger partial charge in [0.2, 0.25) is 0 Å². The van der Waals surface area contributed by atoms with Crippen molar-refractivity contribution in [3.05, 3.63) is 23.8 Å². The molecule has 0 bridgehead atoms. The van der Waals surface area contributed by atoms with Crippen molar-refractivity contribution in [3.63, 3.8) is 0 Å². The normalized spacial score (nSPS) is 18.3. The van der Waals surface area contributed by atoms with Crippen molar-refractivity contribution in [3.8, 4) is 0 Å². The van der Waals surface area contributed by atoms with Crippen molar-refractivity contribution in [2.45, 2.75) is 26.0 Å². The summed E-state index contributed by atoms with van der Waals surface area (Å²) in [7, 11) is 2.10. The largest absolute Gasteiger partial charge is 0.392 e. The van der Waals surface area contributed by atoms with E-state index in [1.54, 1.807) is 0 Å². The summed E-state index contributed by atoms with van der Waals surface area (Å²) in [5.41, 5.74) is 3.38. The molecule has 0 unspecified atom stereocenters. The van der Waals surface area contributed by atoms with E-state index in [1.807, 2.05) is 18.2 Å². The highest BCUT2D eigenvalue weighted by atomic mass is 16.3. The zero-order chi connectivity index (χ0) is 11.1. The summed E-state index contributed by atoms with van der Waals surface area (Å²) in [5.74, 6) is 0. The third kappa shape index (κ3) is 1.67. The molecule has 0 aliphatic carbocycles. The van der Waals surface area contributed by atoms with Gasteiger partial charge in [-0.05, 0) is 31.5 Å². The van der Waals surface area contributed by atoms with Gasteiger partial charge in [0.15, 0.2) is 0 Å². The minimum Gasteiger partial charge on any atom is -0.392 e. The average Bonchev–Trinajstić information content (AvgIpc) is 2.24. The molecule has 1 aromatic rings. The van der Waals surface area contributed by atoms with E-state index in [2.05, 4.69) is 31.1 Å². The number of nitrogens with zero attached hydrogens (tertiary/aromatic N) is 1. The van der Waals surface area contributed by atoms with Gasteiger partial charge in [-0.2, -0.15) is 0 Å². The van der Waals surface area contributed by atoms with E-state index < -0.39 is 0 Å². The molecule has 0 saturated carbocycles. The summed E-state index contributed by atoms with van der Waals surface area (Å²) in [4.78, 5) is 2.26. The highest BCUT2D eigenvalue weighted by Gasteiger charge is 2.29. The Balaban J connectivity index is 2.44. The molecule has 1 aromatic carbocycles. The predicted molar refractivity (Wildman–Crippen MR) is 63.3 cm³/mol. The lowest BCUT2D eigenvalue weighted by Crippen LogP contribution is -2.50. The molecular formula is C12H18N2O. The van der Waals surface area contributed by atoms with Gasteiger partial charge in [0.05, 0.1) is 23.5 Å². The number of likely N-dealkylation sites (N-methyl/N-ethyl adjacent to an activating group) is 1. The van der Waals surface area contributed by atoms with E-state index in [0.29, 0.717) is 0 Å². The number of anilines is 2. The second kappa shape index (κ2) is 3.42. The Morgan fingerprint density at radius 3 is 2.87 bits per heavy atom. The average molecular weight is 206 g/mol. The minimum atomic E-state index is 0.0988. The van der Waals surface area contributed by atoms with Crippen LogP contribution in [0.2, 0.25) is 0 Å². The van der Waals surface area contributed by atoms with Gasteiger partial charge in [-0.15, -0.1) is 0 Å². The van der Waals surface area contributed by atoms with Gasteiger partial charge in [0.1, 0.15) is 0 Å². The molecule has 3 nitrogen and oxygen atoms in total. The molecule has 2 N–H and O–H groups in total. The fourth-order valence-corrected chi connectivity index (χ4v) is 1.86. The summed E-state index contributed by atoms with van der Waals surface area (Å²) in [6.07, 6.45) is 0. The van der Waals surface area contributed by atoms with Gasteiger partial charge in [0, 0.05) is 13.6 Å². The van der Waals surface area contributed by atoms with Gasteiger partial charge >= 0.3 is 0 Å². The molecule has 82 valence electrons. The van der Waals surface area contributed by atoms with E-state index in [4.69, 9.17) is 5.11 Å². The molecule has 2 rings (SSSR count). The second-order valence-electron chi connectivity index (χ2n) is 4.73. The maximum atomic E-state index is 9.12. The molecule has 0 amide bonds. The summed E-state index contributed by atoms with van der Waals surface area (Å²) in [6.45, 7) is 5.44. The fraction of sp³-hybridized carbons (Fsp3) is 0.500. The number of benzene rings is 1. The van der Waals surface area contributed by atoms with E-state index >= 15 is 0 Å². The van der Waals surface area contributed by atoms with Gasteiger partial charge in [-0.3, -0.25) is 0 Å². The van der Waals surface area contributed by atoms with Crippen LogP contribution in [0.4, 0.5) is 11.4 Å². The van der Waals surface area contributed by atoms with Gasteiger partial charge in [-0.1, -0.05) is 6.07 Å². The van der Waals surface area contributed by atoms with Crippen molar-refractivity contribution >= 4 is 11.4 Å². The van der Waals surface area contributed by atoms with Crippen molar-refractivity contribution in [1.29, 1.82) is 0 Å². The third-order valence-corrected chi connectivity index (χ3v) is 3.23. The summed E-state index contributed by atoms with van der Waals surface area (Å²) >= 11 is 0. The Hall–Kier alpha value is -1.22. The van der Waals surface area contributed by atoms with E-state index in [9.17, 15) is 0 Å². The van der Waals surface area contributed by atoms with Gasteiger partial charge in [0.25, 0.3) is 0 Å². The van der Waals surface area contributed by atoms with Gasteiger partial charge in [-0.25, -0.2) is 0 Å². The van der Waals surface area contributed by atoms with Crippen molar-refractivity contribution in [1.82, 2.24) is 0 Å². The smallest absolute Gasteiger partial charge is 0.0682 e. The Labute approximate surface area is 90.7 Å². The van der Waals surface area contributed by atoms with E-state index in [-0.39, 0.29) is 12.1 Å². The van der Waals surface area contributed by atoms with Crippen molar-refractivity contribution in [2.75, 3.05) is 23.8 Å². The predicted octanol–water partition coefficient (Wildman–Crippen LogP) is 1.82. The number of hydrogen-bond donors (Lipinski definition) is 2. The van der Waals surface area contributed by atoms with Crippen LogP contribution < -0.4 is 10.2 Å². The van der Waals surface area contributed by atoms with E-state index in [1.165, 1.54) is 0 Å². The molecule has 1 aliphatic rings. The van der Waals surface area contributed by atoms with Crippen LogP contribution in [-0.4, -0.2) is 24.2 Å².